The molecule has 0 aromatic heterocycles. The van der Waals surface area contributed by atoms with E-state index < -0.39 is 0 Å². The number of hydrogen-bond acceptors (Lipinski definition) is 2. The van der Waals surface area contributed by atoms with Gasteiger partial charge in [0.25, 0.3) is 11.8 Å². The first-order valence-electron chi connectivity index (χ1n) is 8.15. The molecule has 1 heterocycles. The Bertz CT molecular complexity index is 774. The topological polar surface area (TPSA) is 49.4 Å². The number of halogens is 2. The third-order valence-electron chi connectivity index (χ3n) is 4.31. The summed E-state index contributed by atoms with van der Waals surface area (Å²) in [5.74, 6) is -0.524. The van der Waals surface area contributed by atoms with Gasteiger partial charge in [0, 0.05) is 28.3 Å². The summed E-state index contributed by atoms with van der Waals surface area (Å²) in [6.45, 7) is 1.22. The largest absolute Gasteiger partial charge is 0.349 e. The zero-order valence-electron chi connectivity index (χ0n) is 13.5. The average Bonchev–Trinajstić information content (AvgIpc) is 2.62. The molecule has 0 saturated carbocycles. The van der Waals surface area contributed by atoms with Crippen molar-refractivity contribution in [3.05, 3.63) is 69.0 Å². The molecule has 0 unspecified atom stereocenters. The fourth-order valence-electron chi connectivity index (χ4n) is 2.93. The highest BCUT2D eigenvalue weighted by Crippen LogP contribution is 2.17. The molecule has 0 spiro atoms. The Morgan fingerprint density at radius 1 is 1.08 bits per heavy atom. The van der Waals surface area contributed by atoms with Gasteiger partial charge < -0.3 is 10.2 Å². The van der Waals surface area contributed by atoms with E-state index in [9.17, 15) is 14.0 Å². The van der Waals surface area contributed by atoms with Crippen LogP contribution in [0.1, 0.15) is 33.6 Å². The molecule has 1 fully saturated rings. The molecule has 1 N–H and O–H groups in total. The maximum absolute atomic E-state index is 13.2. The maximum atomic E-state index is 13.2. The van der Waals surface area contributed by atoms with E-state index in [0.717, 1.165) is 0 Å². The smallest absolute Gasteiger partial charge is 0.253 e. The highest BCUT2D eigenvalue weighted by atomic mass is 127. The molecular weight excluding hydrogens is 434 g/mol. The fraction of sp³-hybridized carbons (Fsp3) is 0.263. The first kappa shape index (κ1) is 17.8. The fourth-order valence-corrected chi connectivity index (χ4v) is 3.65. The van der Waals surface area contributed by atoms with Crippen LogP contribution in [0.15, 0.2) is 48.5 Å². The van der Waals surface area contributed by atoms with Crippen LogP contribution in [0.5, 0.6) is 0 Å². The van der Waals surface area contributed by atoms with Gasteiger partial charge in [0.1, 0.15) is 5.82 Å². The Labute approximate surface area is 159 Å². The number of piperidine rings is 1. The van der Waals surface area contributed by atoms with E-state index in [2.05, 4.69) is 5.32 Å². The summed E-state index contributed by atoms with van der Waals surface area (Å²) in [4.78, 5) is 26.6. The van der Waals surface area contributed by atoms with Crippen LogP contribution in [0.25, 0.3) is 0 Å². The van der Waals surface area contributed by atoms with Crippen LogP contribution in [0.2, 0.25) is 0 Å². The number of amides is 2. The van der Waals surface area contributed by atoms with E-state index in [4.69, 9.17) is 0 Å². The van der Waals surface area contributed by atoms with Crippen molar-refractivity contribution < 1.29 is 14.0 Å². The van der Waals surface area contributed by atoms with Crippen molar-refractivity contribution in [1.29, 1.82) is 0 Å². The number of rotatable bonds is 3. The zero-order valence-corrected chi connectivity index (χ0v) is 15.7. The van der Waals surface area contributed by atoms with E-state index in [0.29, 0.717) is 40.6 Å². The summed E-state index contributed by atoms with van der Waals surface area (Å²) in [6.07, 6.45) is 1.42. The van der Waals surface area contributed by atoms with E-state index in [1.165, 1.54) is 18.2 Å². The van der Waals surface area contributed by atoms with Crippen LogP contribution in [0, 0.1) is 9.39 Å². The predicted molar refractivity (Wildman–Crippen MR) is 102 cm³/mol. The predicted octanol–water partition coefficient (Wildman–Crippen LogP) is 3.46. The molecule has 0 atom stereocenters. The third-order valence-corrected chi connectivity index (χ3v) is 5.21. The summed E-state index contributed by atoms with van der Waals surface area (Å²) in [7, 11) is 0. The molecule has 25 heavy (non-hydrogen) atoms. The number of nitrogens with one attached hydrogen (secondary N) is 1. The number of nitrogens with zero attached hydrogens (tertiary/aromatic N) is 1. The molecule has 0 radical (unpaired) electrons. The third kappa shape index (κ3) is 4.36. The molecule has 0 bridgehead atoms. The van der Waals surface area contributed by atoms with E-state index in [-0.39, 0.29) is 23.7 Å². The van der Waals surface area contributed by atoms with Gasteiger partial charge in [-0.25, -0.2) is 4.39 Å². The van der Waals surface area contributed by atoms with Gasteiger partial charge >= 0.3 is 0 Å². The lowest BCUT2D eigenvalue weighted by atomic mass is 10.0. The highest BCUT2D eigenvalue weighted by Gasteiger charge is 2.25. The molecule has 0 aliphatic carbocycles. The normalized spacial score (nSPS) is 15.0. The second kappa shape index (κ2) is 7.95. The van der Waals surface area contributed by atoms with Gasteiger partial charge in [-0.1, -0.05) is 18.2 Å². The lowest BCUT2D eigenvalue weighted by molar-refractivity contribution is 0.0698. The maximum Gasteiger partial charge on any atom is 0.253 e. The monoisotopic (exact) mass is 452 g/mol. The summed E-state index contributed by atoms with van der Waals surface area (Å²) < 4.78 is 13.7. The molecular formula is C19H18FIN2O2. The van der Waals surface area contributed by atoms with Crippen molar-refractivity contribution in [2.24, 2.45) is 0 Å². The molecule has 2 amide bonds. The molecule has 2 aromatic carbocycles. The standard InChI is InChI=1S/C19H18FIN2O2/c20-14-6-7-16(17(21)12-14)18(24)22-15-8-10-23(11-9-15)19(25)13-4-2-1-3-5-13/h1-7,12,15H,8-11H2,(H,22,24). The summed E-state index contributed by atoms with van der Waals surface area (Å²) >= 11 is 1.96. The first-order chi connectivity index (χ1) is 12.0. The minimum atomic E-state index is -0.353. The lowest BCUT2D eigenvalue weighted by Crippen LogP contribution is -2.46. The number of carbonyl (C=O) groups excluding carboxylic acids is 2. The number of likely N-dealkylation sites (tertiary alicyclic amines) is 1. The van der Waals surface area contributed by atoms with E-state index in [1.807, 2.05) is 57.8 Å². The molecule has 1 aliphatic heterocycles. The number of hydrogen-bond donors (Lipinski definition) is 1. The van der Waals surface area contributed by atoms with Crippen LogP contribution in [0.4, 0.5) is 4.39 Å². The van der Waals surface area contributed by atoms with E-state index in [1.54, 1.807) is 0 Å². The SMILES string of the molecule is O=C(NC1CCN(C(=O)c2ccccc2)CC1)c1ccc(F)cc1I. The molecule has 1 aliphatic rings. The molecule has 2 aromatic rings. The molecule has 1 saturated heterocycles. The van der Waals surface area contributed by atoms with Gasteiger partial charge in [-0.2, -0.15) is 0 Å². The summed E-state index contributed by atoms with van der Waals surface area (Å²) in [5.41, 5.74) is 1.16. The van der Waals surface area contributed by atoms with Crippen molar-refractivity contribution in [3.8, 4) is 0 Å². The number of benzene rings is 2. The summed E-state index contributed by atoms with van der Waals surface area (Å²) in [6, 6.07) is 13.4. The van der Waals surface area contributed by atoms with Crippen molar-refractivity contribution in [3.63, 3.8) is 0 Å². The van der Waals surface area contributed by atoms with Gasteiger partial charge in [-0.05, 0) is 65.8 Å². The van der Waals surface area contributed by atoms with Crippen LogP contribution in [-0.4, -0.2) is 35.8 Å². The summed E-state index contributed by atoms with van der Waals surface area (Å²) in [5, 5.41) is 2.99. The molecule has 6 heteroatoms. The van der Waals surface area contributed by atoms with Gasteiger partial charge in [-0.15, -0.1) is 0 Å². The quantitative estimate of drug-likeness (QED) is 0.726. The van der Waals surface area contributed by atoms with Gasteiger partial charge in [0.05, 0.1) is 5.56 Å². The van der Waals surface area contributed by atoms with Crippen LogP contribution >= 0.6 is 22.6 Å². The Kier molecular flexibility index (Phi) is 5.67. The first-order valence-corrected chi connectivity index (χ1v) is 9.22. The van der Waals surface area contributed by atoms with Crippen molar-refractivity contribution in [2.75, 3.05) is 13.1 Å². The molecule has 3 rings (SSSR count). The number of carbonyl (C=O) groups is 2. The second-order valence-electron chi connectivity index (χ2n) is 6.03. The van der Waals surface area contributed by atoms with Gasteiger partial charge in [0.2, 0.25) is 0 Å². The Morgan fingerprint density at radius 3 is 2.40 bits per heavy atom. The lowest BCUT2D eigenvalue weighted by Gasteiger charge is -2.32. The zero-order chi connectivity index (χ0) is 17.8. The van der Waals surface area contributed by atoms with Crippen LogP contribution < -0.4 is 5.32 Å². The Morgan fingerprint density at radius 2 is 1.76 bits per heavy atom. The Balaban J connectivity index is 1.56. The highest BCUT2D eigenvalue weighted by molar-refractivity contribution is 14.1. The minimum Gasteiger partial charge on any atom is -0.349 e. The Hall–Kier alpha value is -1.96. The minimum absolute atomic E-state index is 0.0215. The van der Waals surface area contributed by atoms with Crippen molar-refractivity contribution in [2.45, 2.75) is 18.9 Å². The van der Waals surface area contributed by atoms with Crippen LogP contribution in [-0.2, 0) is 0 Å². The van der Waals surface area contributed by atoms with Crippen LogP contribution in [0.3, 0.4) is 0 Å². The molecule has 130 valence electrons. The van der Waals surface area contributed by atoms with Crippen molar-refractivity contribution >= 4 is 34.4 Å². The average molecular weight is 452 g/mol. The van der Waals surface area contributed by atoms with Gasteiger partial charge in [0.15, 0.2) is 0 Å². The van der Waals surface area contributed by atoms with E-state index >= 15 is 0 Å². The van der Waals surface area contributed by atoms with Crippen molar-refractivity contribution in [1.82, 2.24) is 10.2 Å². The second-order valence-corrected chi connectivity index (χ2v) is 7.19. The van der Waals surface area contributed by atoms with Gasteiger partial charge in [-0.3, -0.25) is 9.59 Å². The molecule has 4 nitrogen and oxygen atoms in total.